The molecule has 0 bridgehead atoms. The van der Waals surface area contributed by atoms with Crippen molar-refractivity contribution >= 4 is 62.2 Å². The Morgan fingerprint density at radius 2 is 1.50 bits per heavy atom. The molecule has 0 spiro atoms. The number of benzene rings is 2. The summed E-state index contributed by atoms with van der Waals surface area (Å²) in [6.07, 6.45) is 0. The van der Waals surface area contributed by atoms with Gasteiger partial charge < -0.3 is 0 Å². The van der Waals surface area contributed by atoms with E-state index in [4.69, 9.17) is 0 Å². The van der Waals surface area contributed by atoms with Gasteiger partial charge in [-0.05, 0) is 17.7 Å². The van der Waals surface area contributed by atoms with Gasteiger partial charge in [-0.15, -0.1) is 0 Å². The average molecular weight is 182 g/mol. The third-order valence-electron chi connectivity index (χ3n) is 1.90. The molecule has 0 aromatic heterocycles. The van der Waals surface area contributed by atoms with Gasteiger partial charge in [-0.1, -0.05) is 48.0 Å². The fourth-order valence-corrected chi connectivity index (χ4v) is 1.31. The monoisotopic (exact) mass is 182 g/mol. The SMILES string of the molecule is Cc1ccc2ccccc2c1.[KH]. The molecule has 0 fully saturated rings. The van der Waals surface area contributed by atoms with E-state index in [1.807, 2.05) is 0 Å². The molecule has 1 heteroatoms. The molecular weight excluding hydrogens is 171 g/mol. The first kappa shape index (κ1) is 10.4. The summed E-state index contributed by atoms with van der Waals surface area (Å²) < 4.78 is 0. The Morgan fingerprint density at radius 1 is 0.833 bits per heavy atom. The van der Waals surface area contributed by atoms with Crippen LogP contribution in [0.15, 0.2) is 42.5 Å². The average Bonchev–Trinajstić information content (AvgIpc) is 2.04. The van der Waals surface area contributed by atoms with Gasteiger partial charge in [-0.25, -0.2) is 0 Å². The summed E-state index contributed by atoms with van der Waals surface area (Å²) in [7, 11) is 0. The van der Waals surface area contributed by atoms with Crippen molar-refractivity contribution in [3.63, 3.8) is 0 Å². The minimum absolute atomic E-state index is 0. The summed E-state index contributed by atoms with van der Waals surface area (Å²) >= 11 is 0. The van der Waals surface area contributed by atoms with E-state index in [9.17, 15) is 0 Å². The molecule has 2 aromatic rings. The molecule has 56 valence electrons. The van der Waals surface area contributed by atoms with Crippen molar-refractivity contribution in [3.8, 4) is 0 Å². The van der Waals surface area contributed by atoms with E-state index >= 15 is 0 Å². The summed E-state index contributed by atoms with van der Waals surface area (Å²) in [5, 5.41) is 2.64. The first-order valence-electron chi connectivity index (χ1n) is 3.82. The normalized spacial score (nSPS) is 9.42. The van der Waals surface area contributed by atoms with Crippen LogP contribution < -0.4 is 0 Å². The van der Waals surface area contributed by atoms with E-state index in [0.717, 1.165) is 0 Å². The molecule has 2 aromatic carbocycles. The molecular formula is C11H11K. The van der Waals surface area contributed by atoms with Crippen molar-refractivity contribution in [2.24, 2.45) is 0 Å². The van der Waals surface area contributed by atoms with E-state index in [2.05, 4.69) is 49.4 Å². The molecule has 0 nitrogen and oxygen atoms in total. The molecule has 0 saturated heterocycles. The molecule has 0 atom stereocenters. The second kappa shape index (κ2) is 4.54. The molecule has 0 saturated carbocycles. The fourth-order valence-electron chi connectivity index (χ4n) is 1.31. The van der Waals surface area contributed by atoms with Crippen LogP contribution in [-0.2, 0) is 0 Å². The van der Waals surface area contributed by atoms with Gasteiger partial charge >= 0.3 is 51.4 Å². The first-order chi connectivity index (χ1) is 5.36. The molecule has 0 N–H and O–H groups in total. The third kappa shape index (κ3) is 2.18. The molecule has 0 aliphatic carbocycles. The standard InChI is InChI=1S/C11H10.K.H/c1-9-6-7-10-4-2-3-5-11(10)8-9;;/h2-8H,1H3;;. The Morgan fingerprint density at radius 3 is 2.25 bits per heavy atom. The Balaban J connectivity index is 0.000000720. The number of aryl methyl sites for hydroxylation is 1. The van der Waals surface area contributed by atoms with E-state index < -0.39 is 0 Å². The van der Waals surface area contributed by atoms with Crippen LogP contribution in [0.5, 0.6) is 0 Å². The number of hydrogen-bond donors (Lipinski definition) is 0. The summed E-state index contributed by atoms with van der Waals surface area (Å²) in [6, 6.07) is 14.9. The summed E-state index contributed by atoms with van der Waals surface area (Å²) in [4.78, 5) is 0. The van der Waals surface area contributed by atoms with Crippen LogP contribution in [0.4, 0.5) is 0 Å². The van der Waals surface area contributed by atoms with Gasteiger partial charge in [0.05, 0.1) is 0 Å². The topological polar surface area (TPSA) is 0 Å². The van der Waals surface area contributed by atoms with Gasteiger partial charge in [0.15, 0.2) is 0 Å². The van der Waals surface area contributed by atoms with Crippen LogP contribution in [0.3, 0.4) is 0 Å². The van der Waals surface area contributed by atoms with Crippen molar-refractivity contribution in [1.82, 2.24) is 0 Å². The zero-order valence-corrected chi connectivity index (χ0v) is 6.54. The zero-order chi connectivity index (χ0) is 7.68. The van der Waals surface area contributed by atoms with Gasteiger partial charge in [0.25, 0.3) is 0 Å². The van der Waals surface area contributed by atoms with Crippen LogP contribution in [0.2, 0.25) is 0 Å². The van der Waals surface area contributed by atoms with Crippen molar-refractivity contribution in [3.05, 3.63) is 48.0 Å². The summed E-state index contributed by atoms with van der Waals surface area (Å²) in [5.41, 5.74) is 1.32. The van der Waals surface area contributed by atoms with E-state index in [0.29, 0.717) is 0 Å². The first-order valence-corrected chi connectivity index (χ1v) is 3.82. The predicted molar refractivity (Wildman–Crippen MR) is 55.8 cm³/mol. The van der Waals surface area contributed by atoms with E-state index in [1.165, 1.54) is 16.3 Å². The molecule has 0 unspecified atom stereocenters. The number of hydrogen-bond acceptors (Lipinski definition) is 0. The van der Waals surface area contributed by atoms with Crippen molar-refractivity contribution in [1.29, 1.82) is 0 Å². The minimum atomic E-state index is 0. The van der Waals surface area contributed by atoms with Gasteiger partial charge in [-0.2, -0.15) is 0 Å². The summed E-state index contributed by atoms with van der Waals surface area (Å²) in [5.74, 6) is 0. The summed E-state index contributed by atoms with van der Waals surface area (Å²) in [6.45, 7) is 2.12. The molecule has 0 aliphatic rings. The van der Waals surface area contributed by atoms with Crippen LogP contribution in [0.25, 0.3) is 10.8 Å². The Bertz CT molecular complexity index is 379. The Labute approximate surface area is 115 Å². The van der Waals surface area contributed by atoms with Crippen LogP contribution >= 0.6 is 0 Å². The zero-order valence-electron chi connectivity index (χ0n) is 6.54. The molecule has 2 rings (SSSR count). The predicted octanol–water partition coefficient (Wildman–Crippen LogP) is 2.50. The second-order valence-corrected chi connectivity index (χ2v) is 2.85. The van der Waals surface area contributed by atoms with Crippen molar-refractivity contribution in [2.75, 3.05) is 0 Å². The Kier molecular flexibility index (Phi) is 3.94. The fraction of sp³-hybridized carbons (Fsp3) is 0.0909. The van der Waals surface area contributed by atoms with Gasteiger partial charge in [-0.3, -0.25) is 0 Å². The van der Waals surface area contributed by atoms with Gasteiger partial charge in [0.2, 0.25) is 0 Å². The van der Waals surface area contributed by atoms with E-state index in [1.54, 1.807) is 0 Å². The molecule has 0 radical (unpaired) electrons. The molecule has 0 amide bonds. The van der Waals surface area contributed by atoms with Gasteiger partial charge in [0, 0.05) is 0 Å². The third-order valence-corrected chi connectivity index (χ3v) is 1.90. The van der Waals surface area contributed by atoms with Crippen LogP contribution in [-0.4, -0.2) is 51.4 Å². The molecule has 12 heavy (non-hydrogen) atoms. The maximum atomic E-state index is 2.20. The molecule has 0 aliphatic heterocycles. The van der Waals surface area contributed by atoms with Crippen LogP contribution in [0, 0.1) is 6.92 Å². The Hall–Kier alpha value is 0.336. The van der Waals surface area contributed by atoms with Crippen LogP contribution in [0.1, 0.15) is 5.56 Å². The van der Waals surface area contributed by atoms with Crippen molar-refractivity contribution in [2.45, 2.75) is 6.92 Å². The van der Waals surface area contributed by atoms with Gasteiger partial charge in [0.1, 0.15) is 0 Å². The van der Waals surface area contributed by atoms with Crippen molar-refractivity contribution < 1.29 is 0 Å². The second-order valence-electron chi connectivity index (χ2n) is 2.85. The number of fused-ring (bicyclic) bond motifs is 1. The number of rotatable bonds is 0. The maximum absolute atomic E-state index is 2.20. The molecule has 0 heterocycles. The quantitative estimate of drug-likeness (QED) is 0.549. The van der Waals surface area contributed by atoms with E-state index in [-0.39, 0.29) is 51.4 Å².